The SMILES string of the molecule is COc1ccc(-c2noc(CSCC(=O)Nc3cc(C)on3)n2)cc1. The smallest absolute Gasteiger partial charge is 0.236 e. The standard InChI is InChI=1S/C16H16N4O4S/c1-10-7-13(19-23-10)17-14(21)8-25-9-15-18-16(20-24-15)11-3-5-12(22-2)6-4-11/h3-7H,8-9H2,1-2H3,(H,17,19,21). The molecule has 3 rings (SSSR count). The molecule has 8 nitrogen and oxygen atoms in total. The van der Waals surface area contributed by atoms with E-state index in [1.54, 1.807) is 20.1 Å². The second-order valence-electron chi connectivity index (χ2n) is 5.10. The highest BCUT2D eigenvalue weighted by atomic mass is 32.2. The molecule has 1 amide bonds. The Balaban J connectivity index is 1.48. The second kappa shape index (κ2) is 7.84. The van der Waals surface area contributed by atoms with Gasteiger partial charge in [-0.05, 0) is 31.2 Å². The summed E-state index contributed by atoms with van der Waals surface area (Å²) in [5.74, 6) is 3.27. The highest BCUT2D eigenvalue weighted by molar-refractivity contribution is 7.99. The average molecular weight is 360 g/mol. The molecule has 2 aromatic heterocycles. The molecule has 0 aliphatic carbocycles. The Morgan fingerprint density at radius 1 is 1.24 bits per heavy atom. The number of nitrogens with one attached hydrogen (secondary N) is 1. The lowest BCUT2D eigenvalue weighted by Gasteiger charge is -1.99. The van der Waals surface area contributed by atoms with Crippen LogP contribution < -0.4 is 10.1 Å². The van der Waals surface area contributed by atoms with Gasteiger partial charge >= 0.3 is 0 Å². The van der Waals surface area contributed by atoms with Gasteiger partial charge in [-0.3, -0.25) is 4.79 Å². The van der Waals surface area contributed by atoms with Crippen molar-refractivity contribution in [1.82, 2.24) is 15.3 Å². The van der Waals surface area contributed by atoms with E-state index in [9.17, 15) is 4.79 Å². The molecule has 0 fully saturated rings. The van der Waals surface area contributed by atoms with Crippen LogP contribution in [-0.2, 0) is 10.5 Å². The van der Waals surface area contributed by atoms with E-state index in [0.717, 1.165) is 11.3 Å². The normalized spacial score (nSPS) is 10.6. The number of carbonyl (C=O) groups excluding carboxylic acids is 1. The predicted molar refractivity (Wildman–Crippen MR) is 92.3 cm³/mol. The molecule has 25 heavy (non-hydrogen) atoms. The summed E-state index contributed by atoms with van der Waals surface area (Å²) in [6.45, 7) is 1.76. The number of anilines is 1. The summed E-state index contributed by atoms with van der Waals surface area (Å²) in [5.41, 5.74) is 0.833. The molecule has 9 heteroatoms. The van der Waals surface area contributed by atoms with Crippen molar-refractivity contribution in [2.75, 3.05) is 18.2 Å². The summed E-state index contributed by atoms with van der Waals surface area (Å²) >= 11 is 1.37. The molecule has 0 unspecified atom stereocenters. The zero-order valence-electron chi connectivity index (χ0n) is 13.7. The minimum atomic E-state index is -0.173. The molecular formula is C16H16N4O4S. The first kappa shape index (κ1) is 17.0. The number of aromatic nitrogens is 3. The van der Waals surface area contributed by atoms with Gasteiger partial charge < -0.3 is 19.1 Å². The highest BCUT2D eigenvalue weighted by Gasteiger charge is 2.11. The van der Waals surface area contributed by atoms with E-state index in [0.29, 0.717) is 29.0 Å². The van der Waals surface area contributed by atoms with Crippen LogP contribution in [-0.4, -0.2) is 34.1 Å². The fourth-order valence-electron chi connectivity index (χ4n) is 2.01. The quantitative estimate of drug-likeness (QED) is 0.686. The molecule has 0 bridgehead atoms. The van der Waals surface area contributed by atoms with Crippen molar-refractivity contribution in [2.24, 2.45) is 0 Å². The van der Waals surface area contributed by atoms with Crippen LogP contribution in [0, 0.1) is 6.92 Å². The maximum atomic E-state index is 11.8. The summed E-state index contributed by atoms with van der Waals surface area (Å²) in [7, 11) is 1.61. The van der Waals surface area contributed by atoms with E-state index in [-0.39, 0.29) is 11.7 Å². The molecule has 0 aliphatic rings. The van der Waals surface area contributed by atoms with Crippen molar-refractivity contribution < 1.29 is 18.6 Å². The summed E-state index contributed by atoms with van der Waals surface area (Å²) < 4.78 is 15.2. The van der Waals surface area contributed by atoms with Crippen LogP contribution in [0.5, 0.6) is 5.75 Å². The monoisotopic (exact) mass is 360 g/mol. The lowest BCUT2D eigenvalue weighted by molar-refractivity contribution is -0.113. The largest absolute Gasteiger partial charge is 0.497 e. The Labute approximate surface area is 147 Å². The maximum Gasteiger partial charge on any atom is 0.236 e. The number of carbonyl (C=O) groups is 1. The minimum absolute atomic E-state index is 0.173. The molecule has 1 aromatic carbocycles. The van der Waals surface area contributed by atoms with E-state index >= 15 is 0 Å². The number of amides is 1. The molecule has 0 saturated heterocycles. The number of aryl methyl sites for hydroxylation is 1. The maximum absolute atomic E-state index is 11.8. The van der Waals surface area contributed by atoms with Crippen LogP contribution in [0.1, 0.15) is 11.7 Å². The molecule has 0 spiro atoms. The van der Waals surface area contributed by atoms with Gasteiger partial charge in [-0.1, -0.05) is 10.3 Å². The molecule has 0 aliphatic heterocycles. The summed E-state index contributed by atoms with van der Waals surface area (Å²) in [5, 5.41) is 10.3. The summed E-state index contributed by atoms with van der Waals surface area (Å²) in [6.07, 6.45) is 0. The third-order valence-corrected chi connectivity index (χ3v) is 4.09. The molecule has 0 radical (unpaired) electrons. The third kappa shape index (κ3) is 4.60. The van der Waals surface area contributed by atoms with Gasteiger partial charge in [-0.2, -0.15) is 4.98 Å². The lowest BCUT2D eigenvalue weighted by Crippen LogP contribution is -2.14. The Morgan fingerprint density at radius 2 is 2.04 bits per heavy atom. The topological polar surface area (TPSA) is 103 Å². The third-order valence-electron chi connectivity index (χ3n) is 3.17. The highest BCUT2D eigenvalue weighted by Crippen LogP contribution is 2.21. The number of hydrogen-bond acceptors (Lipinski definition) is 8. The zero-order valence-corrected chi connectivity index (χ0v) is 14.5. The molecule has 0 atom stereocenters. The van der Waals surface area contributed by atoms with Gasteiger partial charge in [0.2, 0.25) is 17.6 Å². The van der Waals surface area contributed by atoms with E-state index in [2.05, 4.69) is 20.6 Å². The number of rotatable bonds is 7. The van der Waals surface area contributed by atoms with Crippen molar-refractivity contribution in [1.29, 1.82) is 0 Å². The second-order valence-corrected chi connectivity index (χ2v) is 6.09. The fourth-order valence-corrected chi connectivity index (χ4v) is 2.66. The molecular weight excluding hydrogens is 344 g/mol. The number of benzene rings is 1. The van der Waals surface area contributed by atoms with E-state index in [1.165, 1.54) is 11.8 Å². The molecule has 2 heterocycles. The van der Waals surface area contributed by atoms with Gasteiger partial charge in [0, 0.05) is 11.6 Å². The minimum Gasteiger partial charge on any atom is -0.497 e. The van der Waals surface area contributed by atoms with Crippen molar-refractivity contribution in [3.05, 3.63) is 42.0 Å². The van der Waals surface area contributed by atoms with Gasteiger partial charge in [-0.15, -0.1) is 11.8 Å². The summed E-state index contributed by atoms with van der Waals surface area (Å²) in [6, 6.07) is 9.02. The number of methoxy groups -OCH3 is 1. The van der Waals surface area contributed by atoms with Crippen LogP contribution >= 0.6 is 11.8 Å². The van der Waals surface area contributed by atoms with E-state index in [1.807, 2.05) is 24.3 Å². The number of hydrogen-bond donors (Lipinski definition) is 1. The predicted octanol–water partition coefficient (Wildman–Crippen LogP) is 2.91. The Bertz CT molecular complexity index is 844. The Hall–Kier alpha value is -2.81. The van der Waals surface area contributed by atoms with Crippen molar-refractivity contribution >= 4 is 23.5 Å². The van der Waals surface area contributed by atoms with Gasteiger partial charge in [0.25, 0.3) is 0 Å². The summed E-state index contributed by atoms with van der Waals surface area (Å²) in [4.78, 5) is 16.1. The lowest BCUT2D eigenvalue weighted by atomic mass is 10.2. The number of thioether (sulfide) groups is 1. The molecule has 1 N–H and O–H groups in total. The van der Waals surface area contributed by atoms with Crippen molar-refractivity contribution in [3.8, 4) is 17.1 Å². The van der Waals surface area contributed by atoms with Crippen molar-refractivity contribution in [2.45, 2.75) is 12.7 Å². The Morgan fingerprint density at radius 3 is 2.72 bits per heavy atom. The number of nitrogens with zero attached hydrogens (tertiary/aromatic N) is 3. The first-order chi connectivity index (χ1) is 12.1. The first-order valence-electron chi connectivity index (χ1n) is 7.42. The van der Waals surface area contributed by atoms with Gasteiger partial charge in [0.15, 0.2) is 5.82 Å². The van der Waals surface area contributed by atoms with E-state index < -0.39 is 0 Å². The first-order valence-corrected chi connectivity index (χ1v) is 8.57. The van der Waals surface area contributed by atoms with E-state index in [4.69, 9.17) is 13.8 Å². The van der Waals surface area contributed by atoms with Gasteiger partial charge in [0.1, 0.15) is 11.5 Å². The van der Waals surface area contributed by atoms with Crippen LogP contribution in [0.2, 0.25) is 0 Å². The molecule has 130 valence electrons. The average Bonchev–Trinajstić information content (AvgIpc) is 3.24. The molecule has 0 saturated carbocycles. The molecule has 3 aromatic rings. The van der Waals surface area contributed by atoms with Crippen LogP contribution in [0.4, 0.5) is 5.82 Å². The van der Waals surface area contributed by atoms with Crippen LogP contribution in [0.25, 0.3) is 11.4 Å². The van der Waals surface area contributed by atoms with Crippen molar-refractivity contribution in [3.63, 3.8) is 0 Å². The zero-order chi connectivity index (χ0) is 17.6. The Kier molecular flexibility index (Phi) is 5.34. The van der Waals surface area contributed by atoms with Crippen LogP contribution in [0.15, 0.2) is 39.4 Å². The fraction of sp³-hybridized carbons (Fsp3) is 0.250. The number of ether oxygens (including phenoxy) is 1. The van der Waals surface area contributed by atoms with Gasteiger partial charge in [-0.25, -0.2) is 0 Å². The van der Waals surface area contributed by atoms with Gasteiger partial charge in [0.05, 0.1) is 18.6 Å². The van der Waals surface area contributed by atoms with Crippen LogP contribution in [0.3, 0.4) is 0 Å².